The number of nitrogens with one attached hydrogen (secondary N) is 1. The summed E-state index contributed by atoms with van der Waals surface area (Å²) in [5.41, 5.74) is -0.520. The zero-order valence-corrected chi connectivity index (χ0v) is 18.9. The number of aliphatic hydroxyl groups excluding tert-OH is 1. The van der Waals surface area contributed by atoms with Crippen molar-refractivity contribution in [1.29, 1.82) is 0 Å². The summed E-state index contributed by atoms with van der Waals surface area (Å²) in [5, 5.41) is 11.7. The Hall–Kier alpha value is -1.21. The molecule has 7 heteroatoms. The Morgan fingerprint density at radius 2 is 1.90 bits per heavy atom. The minimum absolute atomic E-state index is 0.0597. The van der Waals surface area contributed by atoms with E-state index in [4.69, 9.17) is 5.11 Å². The molecule has 1 saturated heterocycles. The van der Waals surface area contributed by atoms with Gasteiger partial charge in [-0.3, -0.25) is 14.6 Å². The van der Waals surface area contributed by atoms with E-state index in [1.807, 2.05) is 7.05 Å². The number of halogens is 2. The van der Waals surface area contributed by atoms with E-state index in [9.17, 15) is 14.0 Å². The van der Waals surface area contributed by atoms with E-state index in [2.05, 4.69) is 17.2 Å². The highest BCUT2D eigenvalue weighted by atomic mass is 19.1. The zero-order valence-electron chi connectivity index (χ0n) is 18.9. The Morgan fingerprint density at radius 1 is 1.16 bits per heavy atom. The number of aliphatic imine (C=N–C) groups is 1. The van der Waals surface area contributed by atoms with E-state index >= 15 is 4.39 Å². The van der Waals surface area contributed by atoms with Gasteiger partial charge in [-0.2, -0.15) is 0 Å². The quantitative estimate of drug-likeness (QED) is 0.609. The van der Waals surface area contributed by atoms with Gasteiger partial charge in [0.25, 0.3) is 0 Å². The van der Waals surface area contributed by atoms with Gasteiger partial charge >= 0.3 is 0 Å². The molecule has 31 heavy (non-hydrogen) atoms. The van der Waals surface area contributed by atoms with E-state index in [1.54, 1.807) is 0 Å². The molecule has 0 aromatic carbocycles. The van der Waals surface area contributed by atoms with Crippen molar-refractivity contribution in [3.63, 3.8) is 0 Å². The predicted octanol–water partition coefficient (Wildman–Crippen LogP) is 3.08. The maximum atomic E-state index is 15.2. The summed E-state index contributed by atoms with van der Waals surface area (Å²) in [5.74, 6) is -1.57. The largest absolute Gasteiger partial charge is 0.392 e. The number of nitrogens with zero attached hydrogens (tertiary/aromatic N) is 1. The summed E-state index contributed by atoms with van der Waals surface area (Å²) in [6, 6.07) is 0. The first kappa shape index (κ1) is 23.0. The highest BCUT2D eigenvalue weighted by molar-refractivity contribution is 6.00. The molecular formula is C24H36F2N2O3. The van der Waals surface area contributed by atoms with Crippen LogP contribution in [0.4, 0.5) is 8.78 Å². The fraction of sp³-hybridized carbons (Fsp3) is 0.875. The third-order valence-corrected chi connectivity index (χ3v) is 9.35. The number of carbonyl (C=O) groups is 2. The van der Waals surface area contributed by atoms with Crippen LogP contribution in [-0.2, 0) is 9.59 Å². The number of fused-ring (bicyclic) bond motifs is 5. The molecule has 4 aliphatic carbocycles. The van der Waals surface area contributed by atoms with Crippen LogP contribution in [-0.4, -0.2) is 61.0 Å². The summed E-state index contributed by atoms with van der Waals surface area (Å²) < 4.78 is 29.4. The van der Waals surface area contributed by atoms with Crippen molar-refractivity contribution in [1.82, 2.24) is 5.32 Å². The average Bonchev–Trinajstić information content (AvgIpc) is 3.32. The van der Waals surface area contributed by atoms with E-state index < -0.39 is 29.3 Å². The van der Waals surface area contributed by atoms with Crippen molar-refractivity contribution < 1.29 is 23.5 Å². The molecule has 0 aromatic rings. The second-order valence-electron chi connectivity index (χ2n) is 10.8. The molecule has 0 spiro atoms. The molecule has 1 heterocycles. The average molecular weight is 439 g/mol. The molecule has 5 rings (SSSR count). The molecule has 7 unspecified atom stereocenters. The number of hydrogen-bond donors (Lipinski definition) is 2. The second-order valence-corrected chi connectivity index (χ2v) is 10.8. The number of hydrogen-bond acceptors (Lipinski definition) is 5. The highest BCUT2D eigenvalue weighted by Gasteiger charge is 2.69. The van der Waals surface area contributed by atoms with E-state index in [1.165, 1.54) is 12.6 Å². The van der Waals surface area contributed by atoms with Crippen LogP contribution in [0.25, 0.3) is 0 Å². The van der Waals surface area contributed by atoms with Crippen LogP contribution in [0.1, 0.15) is 58.8 Å². The monoisotopic (exact) mass is 438 g/mol. The molecule has 9 atom stereocenters. The molecule has 1 aliphatic heterocycles. The van der Waals surface area contributed by atoms with Gasteiger partial charge in [-0.05, 0) is 81.6 Å². The third kappa shape index (κ3) is 3.50. The third-order valence-electron chi connectivity index (χ3n) is 9.35. The first-order valence-electron chi connectivity index (χ1n) is 11.8. The van der Waals surface area contributed by atoms with Gasteiger partial charge in [0.1, 0.15) is 0 Å². The lowest BCUT2D eigenvalue weighted by Crippen LogP contribution is -2.62. The molecule has 2 N–H and O–H groups in total. The zero-order chi connectivity index (χ0) is 22.6. The Kier molecular flexibility index (Phi) is 6.14. The van der Waals surface area contributed by atoms with E-state index in [-0.39, 0.29) is 35.7 Å². The SMILES string of the molecule is CN=C1CC[C@@]2(C)C(CCC3C2C(=O)C(F)[C@]2(C)C(=O)C(F)CC32)C1.OC1CCNC1. The normalized spacial score (nSPS) is 50.4. The van der Waals surface area contributed by atoms with E-state index in [0.717, 1.165) is 51.6 Å². The lowest BCUT2D eigenvalue weighted by atomic mass is 9.44. The van der Waals surface area contributed by atoms with Crippen LogP contribution >= 0.6 is 0 Å². The highest BCUT2D eigenvalue weighted by Crippen LogP contribution is 2.64. The second kappa shape index (κ2) is 8.29. The fourth-order valence-corrected chi connectivity index (χ4v) is 7.42. The molecule has 0 aromatic heterocycles. The number of alkyl halides is 2. The molecule has 0 radical (unpaired) electrons. The van der Waals surface area contributed by atoms with Gasteiger partial charge in [-0.1, -0.05) is 6.92 Å². The Balaban J connectivity index is 0.000000334. The van der Waals surface area contributed by atoms with Crippen molar-refractivity contribution in [2.24, 2.45) is 39.5 Å². The molecular weight excluding hydrogens is 402 g/mol. The Bertz CT molecular complexity index is 768. The van der Waals surface area contributed by atoms with Gasteiger partial charge in [0.15, 0.2) is 23.9 Å². The van der Waals surface area contributed by atoms with Crippen LogP contribution in [0, 0.1) is 34.5 Å². The predicted molar refractivity (Wildman–Crippen MR) is 115 cm³/mol. The smallest absolute Gasteiger partial charge is 0.176 e. The Labute approximate surface area is 183 Å². The number of β-amino-alcohol motifs (C(OH)–C–C–N with tert-alkyl or cyclic N) is 1. The number of carbonyl (C=O) groups excluding carboxylic acids is 2. The van der Waals surface area contributed by atoms with Crippen molar-refractivity contribution in [2.75, 3.05) is 20.1 Å². The van der Waals surface area contributed by atoms with Crippen LogP contribution in [0.15, 0.2) is 4.99 Å². The molecule has 174 valence electrons. The molecule has 0 amide bonds. The number of Topliss-reactive ketones (excluding diaryl/α,β-unsaturated/α-hetero) is 2. The van der Waals surface area contributed by atoms with Gasteiger partial charge < -0.3 is 10.4 Å². The lowest BCUT2D eigenvalue weighted by Gasteiger charge is -2.59. The maximum Gasteiger partial charge on any atom is 0.176 e. The Morgan fingerprint density at radius 3 is 2.48 bits per heavy atom. The summed E-state index contributed by atoms with van der Waals surface area (Å²) >= 11 is 0. The van der Waals surface area contributed by atoms with Gasteiger partial charge in [-0.15, -0.1) is 0 Å². The van der Waals surface area contributed by atoms with Crippen LogP contribution in [0.5, 0.6) is 0 Å². The fourth-order valence-electron chi connectivity index (χ4n) is 7.42. The molecule has 5 nitrogen and oxygen atoms in total. The van der Waals surface area contributed by atoms with E-state index in [0.29, 0.717) is 5.92 Å². The van der Waals surface area contributed by atoms with Gasteiger partial charge in [0, 0.05) is 25.2 Å². The number of rotatable bonds is 0. The number of ketones is 2. The number of aliphatic hydroxyl groups is 1. The summed E-state index contributed by atoms with van der Waals surface area (Å²) in [4.78, 5) is 29.8. The van der Waals surface area contributed by atoms with Gasteiger partial charge in [-0.25, -0.2) is 8.78 Å². The van der Waals surface area contributed by atoms with Crippen LogP contribution < -0.4 is 5.32 Å². The summed E-state index contributed by atoms with van der Waals surface area (Å²) in [7, 11) is 1.81. The minimum Gasteiger partial charge on any atom is -0.392 e. The van der Waals surface area contributed by atoms with Crippen molar-refractivity contribution in [3.05, 3.63) is 0 Å². The molecule has 4 saturated carbocycles. The topological polar surface area (TPSA) is 78.8 Å². The first-order valence-corrected chi connectivity index (χ1v) is 11.8. The lowest BCUT2D eigenvalue weighted by molar-refractivity contribution is -0.169. The minimum atomic E-state index is -1.86. The molecule has 5 fully saturated rings. The first-order chi connectivity index (χ1) is 14.6. The molecule has 0 bridgehead atoms. The van der Waals surface area contributed by atoms with Crippen LogP contribution in [0.2, 0.25) is 0 Å². The van der Waals surface area contributed by atoms with Crippen LogP contribution in [0.3, 0.4) is 0 Å². The summed E-state index contributed by atoms with van der Waals surface area (Å²) in [6.07, 6.45) is 1.80. The maximum absolute atomic E-state index is 15.2. The standard InChI is InChI=1S/C20H27F2NO2.C4H9NO/c1-19-7-6-11(23-3)8-10(19)4-5-12-13-9-14(21)18(25)20(13,2)17(22)16(24)15(12)19;6-4-1-2-5-3-4/h10,12-15,17H,4-9H2,1-3H3;4-6H,1-3H2/t10?,12?,13?,14?,15?,17?,19-,20+;/m0./s1. The van der Waals surface area contributed by atoms with Crippen molar-refractivity contribution in [3.8, 4) is 0 Å². The molecule has 5 aliphatic rings. The van der Waals surface area contributed by atoms with Crippen molar-refractivity contribution >= 4 is 17.3 Å². The van der Waals surface area contributed by atoms with Gasteiger partial charge in [0.05, 0.1) is 11.5 Å². The van der Waals surface area contributed by atoms with Crippen molar-refractivity contribution in [2.45, 2.75) is 77.2 Å². The summed E-state index contributed by atoms with van der Waals surface area (Å²) in [6.45, 7) is 5.40. The van der Waals surface area contributed by atoms with Gasteiger partial charge in [0.2, 0.25) is 0 Å².